The number of benzene rings is 2. The molecule has 3 aromatic rings. The van der Waals surface area contributed by atoms with Crippen molar-refractivity contribution in [2.45, 2.75) is 6.54 Å². The Morgan fingerprint density at radius 2 is 1.79 bits per heavy atom. The number of hydrogen-bond donors (Lipinski definition) is 0. The van der Waals surface area contributed by atoms with Gasteiger partial charge in [-0.2, -0.15) is 0 Å². The van der Waals surface area contributed by atoms with E-state index in [-0.39, 0.29) is 5.91 Å². The Morgan fingerprint density at radius 3 is 2.62 bits per heavy atom. The molecular formula is C19H16N2O3. The average molecular weight is 320 g/mol. The summed E-state index contributed by atoms with van der Waals surface area (Å²) >= 11 is 0. The van der Waals surface area contributed by atoms with E-state index >= 15 is 0 Å². The number of ether oxygens (including phenoxy) is 2. The van der Waals surface area contributed by atoms with Crippen LogP contribution in [0.15, 0.2) is 42.6 Å². The molecule has 0 saturated heterocycles. The Labute approximate surface area is 139 Å². The lowest BCUT2D eigenvalue weighted by atomic mass is 10.1. The fraction of sp³-hybridized carbons (Fsp3) is 0.211. The van der Waals surface area contributed by atoms with Crippen molar-refractivity contribution in [3.63, 3.8) is 0 Å². The molecule has 0 N–H and O–H groups in total. The maximum absolute atomic E-state index is 12.8. The van der Waals surface area contributed by atoms with E-state index in [1.807, 2.05) is 36.3 Å². The summed E-state index contributed by atoms with van der Waals surface area (Å²) in [5.74, 6) is 1.40. The third-order valence-corrected chi connectivity index (χ3v) is 4.75. The van der Waals surface area contributed by atoms with Crippen molar-refractivity contribution in [1.29, 1.82) is 0 Å². The lowest BCUT2D eigenvalue weighted by Crippen LogP contribution is -2.22. The summed E-state index contributed by atoms with van der Waals surface area (Å²) in [4.78, 5) is 14.7. The molecule has 24 heavy (non-hydrogen) atoms. The molecule has 3 heterocycles. The van der Waals surface area contributed by atoms with E-state index in [1.165, 1.54) is 0 Å². The average Bonchev–Trinajstić information content (AvgIpc) is 3.13. The van der Waals surface area contributed by atoms with Gasteiger partial charge in [-0.3, -0.25) is 4.79 Å². The molecule has 5 nitrogen and oxygen atoms in total. The summed E-state index contributed by atoms with van der Waals surface area (Å²) in [6, 6.07) is 11.9. The van der Waals surface area contributed by atoms with Crippen LogP contribution in [0.1, 0.15) is 15.9 Å². The monoisotopic (exact) mass is 320 g/mol. The van der Waals surface area contributed by atoms with Crippen LogP contribution in [-0.4, -0.2) is 23.7 Å². The van der Waals surface area contributed by atoms with Gasteiger partial charge in [-0.15, -0.1) is 0 Å². The van der Waals surface area contributed by atoms with Gasteiger partial charge >= 0.3 is 0 Å². The van der Waals surface area contributed by atoms with Crippen molar-refractivity contribution >= 4 is 22.5 Å². The second kappa shape index (κ2) is 4.77. The van der Waals surface area contributed by atoms with Crippen LogP contribution in [0, 0.1) is 0 Å². The first-order chi connectivity index (χ1) is 11.7. The predicted molar refractivity (Wildman–Crippen MR) is 90.9 cm³/mol. The largest absolute Gasteiger partial charge is 0.486 e. The topological polar surface area (TPSA) is 43.7 Å². The van der Waals surface area contributed by atoms with Crippen LogP contribution >= 0.6 is 0 Å². The quantitative estimate of drug-likeness (QED) is 0.692. The third-order valence-electron chi connectivity index (χ3n) is 4.75. The molecule has 0 fully saturated rings. The van der Waals surface area contributed by atoms with Crippen molar-refractivity contribution in [2.75, 3.05) is 18.1 Å². The minimum Gasteiger partial charge on any atom is -0.486 e. The summed E-state index contributed by atoms with van der Waals surface area (Å²) in [7, 11) is 2.02. The molecule has 5 heteroatoms. The van der Waals surface area contributed by atoms with Crippen molar-refractivity contribution < 1.29 is 14.3 Å². The molecule has 0 saturated carbocycles. The van der Waals surface area contributed by atoms with Crippen LogP contribution in [0.2, 0.25) is 0 Å². The number of amides is 1. The molecule has 0 radical (unpaired) electrons. The van der Waals surface area contributed by atoms with Gasteiger partial charge in [0.1, 0.15) is 13.2 Å². The van der Waals surface area contributed by atoms with Gasteiger partial charge in [-0.25, -0.2) is 0 Å². The Morgan fingerprint density at radius 1 is 1.00 bits per heavy atom. The summed E-state index contributed by atoms with van der Waals surface area (Å²) in [6.07, 6.45) is 2.03. The van der Waals surface area contributed by atoms with Gasteiger partial charge in [-0.05, 0) is 42.0 Å². The second-order valence-corrected chi connectivity index (χ2v) is 6.21. The second-order valence-electron chi connectivity index (χ2n) is 6.21. The third kappa shape index (κ3) is 1.84. The first-order valence-corrected chi connectivity index (χ1v) is 8.00. The number of aromatic nitrogens is 1. The Hall–Kier alpha value is -2.95. The van der Waals surface area contributed by atoms with Crippen molar-refractivity contribution in [3.05, 3.63) is 53.7 Å². The van der Waals surface area contributed by atoms with Crippen LogP contribution in [0.25, 0.3) is 10.9 Å². The molecule has 0 bridgehead atoms. The van der Waals surface area contributed by atoms with E-state index in [4.69, 9.17) is 9.47 Å². The minimum absolute atomic E-state index is 0.0113. The van der Waals surface area contributed by atoms with E-state index < -0.39 is 0 Å². The number of carbonyl (C=O) groups is 1. The number of rotatable bonds is 1. The highest BCUT2D eigenvalue weighted by Crippen LogP contribution is 2.38. The number of anilines is 1. The Bertz CT molecular complexity index is 990. The zero-order valence-electron chi connectivity index (χ0n) is 13.3. The van der Waals surface area contributed by atoms with Crippen molar-refractivity contribution in [1.82, 2.24) is 4.57 Å². The van der Waals surface area contributed by atoms with Crippen molar-refractivity contribution in [3.8, 4) is 11.5 Å². The van der Waals surface area contributed by atoms with Gasteiger partial charge in [0, 0.05) is 35.4 Å². The smallest absolute Gasteiger partial charge is 0.259 e. The fourth-order valence-corrected chi connectivity index (χ4v) is 3.49. The molecule has 0 unspecified atom stereocenters. The zero-order chi connectivity index (χ0) is 16.3. The first-order valence-electron chi connectivity index (χ1n) is 8.00. The molecule has 1 aromatic heterocycles. The minimum atomic E-state index is 0.0113. The van der Waals surface area contributed by atoms with Crippen LogP contribution in [0.4, 0.5) is 5.69 Å². The molecule has 0 aliphatic carbocycles. The number of fused-ring (bicyclic) bond motifs is 3. The maximum atomic E-state index is 12.8. The molecule has 1 amide bonds. The molecule has 2 aliphatic rings. The molecule has 120 valence electrons. The Balaban J connectivity index is 1.56. The lowest BCUT2D eigenvalue weighted by molar-refractivity contribution is 0.0996. The fourth-order valence-electron chi connectivity index (χ4n) is 3.49. The predicted octanol–water partition coefficient (Wildman–Crippen LogP) is 3.11. The SMILES string of the molecule is Cn1ccc2cc(N3Cc4cc5c(cc4C3=O)OCCO5)ccc21. The van der Waals surface area contributed by atoms with Gasteiger partial charge in [0.2, 0.25) is 0 Å². The van der Waals surface area contributed by atoms with E-state index in [0.717, 1.165) is 27.9 Å². The van der Waals surface area contributed by atoms with Crippen LogP contribution in [0.3, 0.4) is 0 Å². The first kappa shape index (κ1) is 13.5. The van der Waals surface area contributed by atoms with E-state index in [1.54, 1.807) is 0 Å². The van der Waals surface area contributed by atoms with Gasteiger partial charge < -0.3 is 18.9 Å². The van der Waals surface area contributed by atoms with E-state index in [2.05, 4.69) is 22.8 Å². The molecule has 5 rings (SSSR count). The molecular weight excluding hydrogens is 304 g/mol. The van der Waals surface area contributed by atoms with Gasteiger partial charge in [0.15, 0.2) is 11.5 Å². The standard InChI is InChI=1S/C19H16N2O3/c1-20-5-4-12-8-14(2-3-16(12)20)21-11-13-9-17-18(24-7-6-23-17)10-15(13)19(21)22/h2-5,8-10H,6-7,11H2,1H3. The van der Waals surface area contributed by atoms with Gasteiger partial charge in [0.25, 0.3) is 5.91 Å². The zero-order valence-corrected chi connectivity index (χ0v) is 13.3. The van der Waals surface area contributed by atoms with E-state index in [9.17, 15) is 4.79 Å². The molecule has 2 aliphatic heterocycles. The number of carbonyl (C=O) groups excluding carboxylic acids is 1. The summed E-state index contributed by atoms with van der Waals surface area (Å²) < 4.78 is 13.3. The highest BCUT2D eigenvalue weighted by molar-refractivity contribution is 6.11. The van der Waals surface area contributed by atoms with Gasteiger partial charge in [0.05, 0.1) is 6.54 Å². The van der Waals surface area contributed by atoms with Crippen LogP contribution in [0.5, 0.6) is 11.5 Å². The number of aryl methyl sites for hydroxylation is 1. The molecule has 0 atom stereocenters. The van der Waals surface area contributed by atoms with Crippen LogP contribution in [-0.2, 0) is 13.6 Å². The Kier molecular flexibility index (Phi) is 2.68. The van der Waals surface area contributed by atoms with Crippen LogP contribution < -0.4 is 14.4 Å². The molecule has 2 aromatic carbocycles. The van der Waals surface area contributed by atoms with E-state index in [0.29, 0.717) is 31.1 Å². The van der Waals surface area contributed by atoms with Crippen molar-refractivity contribution in [2.24, 2.45) is 7.05 Å². The molecule has 0 spiro atoms. The number of nitrogens with zero attached hydrogens (tertiary/aromatic N) is 2. The normalized spacial score (nSPS) is 15.9. The lowest BCUT2D eigenvalue weighted by Gasteiger charge is -2.18. The summed E-state index contributed by atoms with van der Waals surface area (Å²) in [5.41, 5.74) is 3.75. The highest BCUT2D eigenvalue weighted by Gasteiger charge is 2.31. The number of hydrogen-bond acceptors (Lipinski definition) is 3. The maximum Gasteiger partial charge on any atom is 0.259 e. The highest BCUT2D eigenvalue weighted by atomic mass is 16.6. The van der Waals surface area contributed by atoms with Gasteiger partial charge in [-0.1, -0.05) is 0 Å². The summed E-state index contributed by atoms with van der Waals surface area (Å²) in [5, 5.41) is 1.13. The summed E-state index contributed by atoms with van der Waals surface area (Å²) in [6.45, 7) is 1.63.